The van der Waals surface area contributed by atoms with Crippen molar-refractivity contribution in [3.8, 4) is 0 Å². The summed E-state index contributed by atoms with van der Waals surface area (Å²) in [6, 6.07) is 12.8. The summed E-state index contributed by atoms with van der Waals surface area (Å²) in [7, 11) is 0. The molecule has 0 saturated heterocycles. The highest BCUT2D eigenvalue weighted by Crippen LogP contribution is 2.03. The van der Waals surface area contributed by atoms with E-state index < -0.39 is 0 Å². The molecule has 0 aliphatic rings. The first-order chi connectivity index (χ1) is 10.3. The van der Waals surface area contributed by atoms with Crippen molar-refractivity contribution in [1.82, 2.24) is 15.6 Å². The van der Waals surface area contributed by atoms with E-state index in [4.69, 9.17) is 0 Å². The Bertz CT molecular complexity index is 546. The number of aliphatic hydroxyl groups excluding tert-OH is 1. The lowest BCUT2D eigenvalue weighted by Gasteiger charge is -2.17. The second-order valence-corrected chi connectivity index (χ2v) is 4.75. The number of amides is 2. The molecule has 2 aromatic rings. The van der Waals surface area contributed by atoms with E-state index in [0.29, 0.717) is 13.0 Å². The molecule has 1 aromatic heterocycles. The average Bonchev–Trinajstić information content (AvgIpc) is 2.54. The van der Waals surface area contributed by atoms with Crippen molar-refractivity contribution in [3.63, 3.8) is 0 Å². The lowest BCUT2D eigenvalue weighted by atomic mass is 10.1. The molecule has 21 heavy (non-hydrogen) atoms. The molecular weight excluding hydrogens is 266 g/mol. The highest BCUT2D eigenvalue weighted by molar-refractivity contribution is 5.74. The molecule has 0 aliphatic carbocycles. The summed E-state index contributed by atoms with van der Waals surface area (Å²) in [6.45, 7) is 0.329. The smallest absolute Gasteiger partial charge is 0.315 e. The van der Waals surface area contributed by atoms with Crippen LogP contribution in [0.2, 0.25) is 0 Å². The summed E-state index contributed by atoms with van der Waals surface area (Å²) in [5.74, 6) is 0. The van der Waals surface area contributed by atoms with Crippen LogP contribution >= 0.6 is 0 Å². The Hall–Kier alpha value is -2.40. The summed E-state index contributed by atoms with van der Waals surface area (Å²) < 4.78 is 0. The lowest BCUT2D eigenvalue weighted by Crippen LogP contribution is -2.44. The molecule has 0 spiro atoms. The molecule has 110 valence electrons. The minimum atomic E-state index is -0.301. The number of aromatic nitrogens is 1. The lowest BCUT2D eigenvalue weighted by molar-refractivity contribution is 0.215. The average molecular weight is 285 g/mol. The van der Waals surface area contributed by atoms with Gasteiger partial charge < -0.3 is 15.7 Å². The van der Waals surface area contributed by atoms with Gasteiger partial charge in [0.15, 0.2) is 0 Å². The summed E-state index contributed by atoms with van der Waals surface area (Å²) in [6.07, 6.45) is 3.96. The number of carbonyl (C=O) groups excluding carboxylic acids is 1. The van der Waals surface area contributed by atoms with Crippen LogP contribution in [0.1, 0.15) is 11.1 Å². The van der Waals surface area contributed by atoms with E-state index in [9.17, 15) is 9.90 Å². The topological polar surface area (TPSA) is 74.2 Å². The van der Waals surface area contributed by atoms with Crippen LogP contribution in [0.25, 0.3) is 0 Å². The summed E-state index contributed by atoms with van der Waals surface area (Å²) in [5, 5.41) is 14.9. The summed E-state index contributed by atoms with van der Waals surface area (Å²) in [4.78, 5) is 15.7. The normalized spacial score (nSPS) is 11.7. The van der Waals surface area contributed by atoms with Crippen LogP contribution in [-0.2, 0) is 13.0 Å². The third kappa shape index (κ3) is 5.24. The number of carbonyl (C=O) groups is 1. The first kappa shape index (κ1) is 15.0. The van der Waals surface area contributed by atoms with Crippen LogP contribution < -0.4 is 10.6 Å². The van der Waals surface area contributed by atoms with Crippen molar-refractivity contribution in [2.45, 2.75) is 19.0 Å². The van der Waals surface area contributed by atoms with E-state index in [0.717, 1.165) is 11.1 Å². The molecule has 0 fully saturated rings. The van der Waals surface area contributed by atoms with Gasteiger partial charge in [0.2, 0.25) is 0 Å². The number of rotatable bonds is 6. The number of nitrogens with zero attached hydrogens (tertiary/aromatic N) is 1. The van der Waals surface area contributed by atoms with Crippen LogP contribution in [0.4, 0.5) is 4.79 Å². The maximum atomic E-state index is 11.8. The third-order valence-electron chi connectivity index (χ3n) is 3.08. The van der Waals surface area contributed by atoms with Crippen molar-refractivity contribution < 1.29 is 9.90 Å². The SMILES string of the molecule is O=C(NCc1ccncc1)N[C@H](CO)Cc1ccccc1. The number of aliphatic hydroxyl groups is 1. The number of hydrogen-bond acceptors (Lipinski definition) is 3. The van der Waals surface area contributed by atoms with Gasteiger partial charge in [-0.05, 0) is 29.7 Å². The molecule has 0 radical (unpaired) electrons. The molecule has 0 saturated carbocycles. The van der Waals surface area contributed by atoms with Gasteiger partial charge in [-0.2, -0.15) is 0 Å². The summed E-state index contributed by atoms with van der Waals surface area (Å²) in [5.41, 5.74) is 2.05. The zero-order valence-corrected chi connectivity index (χ0v) is 11.7. The van der Waals surface area contributed by atoms with Gasteiger partial charge in [-0.1, -0.05) is 30.3 Å². The Kier molecular flexibility index (Phi) is 5.72. The first-order valence-corrected chi connectivity index (χ1v) is 6.86. The Labute approximate surface area is 124 Å². The van der Waals surface area contributed by atoms with E-state index in [1.807, 2.05) is 42.5 Å². The van der Waals surface area contributed by atoms with E-state index >= 15 is 0 Å². The maximum absolute atomic E-state index is 11.8. The van der Waals surface area contributed by atoms with Crippen molar-refractivity contribution >= 4 is 6.03 Å². The number of hydrogen-bond donors (Lipinski definition) is 3. The number of nitrogens with one attached hydrogen (secondary N) is 2. The molecule has 1 atom stereocenters. The van der Waals surface area contributed by atoms with Crippen LogP contribution in [-0.4, -0.2) is 28.8 Å². The minimum Gasteiger partial charge on any atom is -0.394 e. The molecular formula is C16H19N3O2. The van der Waals surface area contributed by atoms with Gasteiger partial charge in [-0.3, -0.25) is 4.98 Å². The molecule has 5 nitrogen and oxygen atoms in total. The number of pyridine rings is 1. The minimum absolute atomic E-state index is 0.0996. The van der Waals surface area contributed by atoms with Gasteiger partial charge in [0.25, 0.3) is 0 Å². The van der Waals surface area contributed by atoms with Crippen molar-refractivity contribution in [3.05, 3.63) is 66.0 Å². The van der Waals surface area contributed by atoms with Gasteiger partial charge in [0.1, 0.15) is 0 Å². The maximum Gasteiger partial charge on any atom is 0.315 e. The largest absolute Gasteiger partial charge is 0.394 e. The fourth-order valence-corrected chi connectivity index (χ4v) is 1.98. The predicted octanol–water partition coefficient (Wildman–Crippen LogP) is 1.48. The van der Waals surface area contributed by atoms with E-state index in [1.165, 1.54) is 0 Å². The fourth-order valence-electron chi connectivity index (χ4n) is 1.98. The molecule has 0 unspecified atom stereocenters. The number of benzene rings is 1. The van der Waals surface area contributed by atoms with Crippen LogP contribution in [0, 0.1) is 0 Å². The molecule has 5 heteroatoms. The zero-order valence-electron chi connectivity index (χ0n) is 11.7. The van der Waals surface area contributed by atoms with E-state index in [-0.39, 0.29) is 18.7 Å². The van der Waals surface area contributed by atoms with Crippen LogP contribution in [0.5, 0.6) is 0 Å². The van der Waals surface area contributed by atoms with Crippen LogP contribution in [0.15, 0.2) is 54.9 Å². The van der Waals surface area contributed by atoms with Crippen LogP contribution in [0.3, 0.4) is 0 Å². The summed E-state index contributed by atoms with van der Waals surface area (Å²) >= 11 is 0. The second kappa shape index (κ2) is 8.01. The zero-order chi connectivity index (χ0) is 14.9. The Morgan fingerprint density at radius 3 is 2.48 bits per heavy atom. The van der Waals surface area contributed by atoms with Gasteiger partial charge >= 0.3 is 6.03 Å². The third-order valence-corrected chi connectivity index (χ3v) is 3.08. The van der Waals surface area contributed by atoms with Gasteiger partial charge in [0.05, 0.1) is 12.6 Å². The molecule has 0 aliphatic heterocycles. The first-order valence-electron chi connectivity index (χ1n) is 6.86. The molecule has 1 aromatic carbocycles. The Morgan fingerprint density at radius 2 is 1.81 bits per heavy atom. The van der Waals surface area contributed by atoms with Crippen molar-refractivity contribution in [1.29, 1.82) is 0 Å². The molecule has 0 bridgehead atoms. The second-order valence-electron chi connectivity index (χ2n) is 4.75. The molecule has 2 rings (SSSR count). The standard InChI is InChI=1S/C16H19N3O2/c20-12-15(10-13-4-2-1-3-5-13)19-16(21)18-11-14-6-8-17-9-7-14/h1-9,15,20H,10-12H2,(H2,18,19,21)/t15-/m0/s1. The highest BCUT2D eigenvalue weighted by atomic mass is 16.3. The molecule has 3 N–H and O–H groups in total. The van der Waals surface area contributed by atoms with Crippen molar-refractivity contribution in [2.24, 2.45) is 0 Å². The molecule has 2 amide bonds. The Morgan fingerprint density at radius 1 is 1.10 bits per heavy atom. The fraction of sp³-hybridized carbons (Fsp3) is 0.250. The quantitative estimate of drug-likeness (QED) is 0.752. The number of urea groups is 1. The van der Waals surface area contributed by atoms with E-state index in [2.05, 4.69) is 15.6 Å². The van der Waals surface area contributed by atoms with E-state index in [1.54, 1.807) is 12.4 Å². The van der Waals surface area contributed by atoms with Gasteiger partial charge in [0, 0.05) is 18.9 Å². The Balaban J connectivity index is 1.80. The van der Waals surface area contributed by atoms with Crippen molar-refractivity contribution in [2.75, 3.05) is 6.61 Å². The molecule has 1 heterocycles. The van der Waals surface area contributed by atoms with Gasteiger partial charge in [-0.15, -0.1) is 0 Å². The van der Waals surface area contributed by atoms with Gasteiger partial charge in [-0.25, -0.2) is 4.79 Å². The highest BCUT2D eigenvalue weighted by Gasteiger charge is 2.11. The monoisotopic (exact) mass is 285 g/mol. The predicted molar refractivity (Wildman–Crippen MR) is 80.6 cm³/mol.